The van der Waals surface area contributed by atoms with Crippen LogP contribution in [0.25, 0.3) is 0 Å². The molecule has 0 fully saturated rings. The molecule has 0 aliphatic rings. The molecule has 0 heterocycles. The molecule has 0 aliphatic heterocycles. The summed E-state index contributed by atoms with van der Waals surface area (Å²) in [6.45, 7) is 5.41. The SMILES string of the molecule is COc1ccc(OC)c(C(C)(NC(C)C)C(=O)O)c1. The van der Waals surface area contributed by atoms with E-state index in [1.54, 1.807) is 32.2 Å². The molecule has 0 saturated heterocycles. The van der Waals surface area contributed by atoms with Crippen LogP contribution in [0.4, 0.5) is 0 Å². The Bertz CT molecular complexity index is 459. The van der Waals surface area contributed by atoms with Crippen molar-refractivity contribution in [3.05, 3.63) is 23.8 Å². The fourth-order valence-corrected chi connectivity index (χ4v) is 2.04. The Morgan fingerprint density at radius 3 is 2.37 bits per heavy atom. The van der Waals surface area contributed by atoms with E-state index in [1.165, 1.54) is 7.11 Å². The van der Waals surface area contributed by atoms with Crippen molar-refractivity contribution in [2.75, 3.05) is 14.2 Å². The predicted octanol–water partition coefficient (Wildman–Crippen LogP) is 2.00. The van der Waals surface area contributed by atoms with E-state index in [4.69, 9.17) is 9.47 Å². The molecule has 0 spiro atoms. The van der Waals surface area contributed by atoms with Crippen molar-refractivity contribution >= 4 is 5.97 Å². The quantitative estimate of drug-likeness (QED) is 0.825. The highest BCUT2D eigenvalue weighted by Crippen LogP contribution is 2.33. The normalized spacial score (nSPS) is 14.0. The summed E-state index contributed by atoms with van der Waals surface area (Å²) in [5.74, 6) is 0.139. The standard InChI is InChI=1S/C14H21NO4/c1-9(2)15-14(3,13(16)17)11-8-10(18-4)6-7-12(11)19-5/h6-9,15H,1-5H3,(H,16,17). The number of hydrogen-bond acceptors (Lipinski definition) is 4. The minimum absolute atomic E-state index is 0.0111. The second-order valence-electron chi connectivity index (χ2n) is 4.80. The third-order valence-electron chi connectivity index (χ3n) is 2.95. The molecule has 0 radical (unpaired) electrons. The van der Waals surface area contributed by atoms with Crippen LogP contribution in [-0.4, -0.2) is 31.3 Å². The average Bonchev–Trinajstić information content (AvgIpc) is 2.36. The summed E-state index contributed by atoms with van der Waals surface area (Å²) >= 11 is 0. The van der Waals surface area contributed by atoms with Gasteiger partial charge in [0.05, 0.1) is 14.2 Å². The van der Waals surface area contributed by atoms with Crippen molar-refractivity contribution in [1.29, 1.82) is 0 Å². The molecule has 0 amide bonds. The molecule has 1 rings (SSSR count). The van der Waals surface area contributed by atoms with Crippen molar-refractivity contribution in [3.8, 4) is 11.5 Å². The van der Waals surface area contributed by atoms with Gasteiger partial charge in [0.15, 0.2) is 0 Å². The van der Waals surface area contributed by atoms with E-state index in [-0.39, 0.29) is 6.04 Å². The van der Waals surface area contributed by atoms with Gasteiger partial charge in [0.1, 0.15) is 17.0 Å². The zero-order chi connectivity index (χ0) is 14.6. The molecule has 0 aromatic heterocycles. The van der Waals surface area contributed by atoms with Gasteiger partial charge in [-0.1, -0.05) is 0 Å². The highest BCUT2D eigenvalue weighted by atomic mass is 16.5. The van der Waals surface area contributed by atoms with E-state index in [2.05, 4.69) is 5.32 Å². The largest absolute Gasteiger partial charge is 0.497 e. The van der Waals surface area contributed by atoms with Gasteiger partial charge in [0, 0.05) is 11.6 Å². The number of aliphatic carboxylic acids is 1. The maximum Gasteiger partial charge on any atom is 0.328 e. The van der Waals surface area contributed by atoms with Crippen LogP contribution in [0.15, 0.2) is 18.2 Å². The van der Waals surface area contributed by atoms with Gasteiger partial charge in [0.2, 0.25) is 0 Å². The molecule has 2 N–H and O–H groups in total. The molecule has 5 nitrogen and oxygen atoms in total. The van der Waals surface area contributed by atoms with Gasteiger partial charge in [-0.25, -0.2) is 4.79 Å². The van der Waals surface area contributed by atoms with Gasteiger partial charge in [-0.2, -0.15) is 0 Å². The monoisotopic (exact) mass is 267 g/mol. The summed E-state index contributed by atoms with van der Waals surface area (Å²) in [6, 6.07) is 5.14. The minimum Gasteiger partial charge on any atom is -0.497 e. The summed E-state index contributed by atoms with van der Waals surface area (Å²) in [4.78, 5) is 11.7. The molecule has 1 aromatic carbocycles. The molecule has 1 aromatic rings. The summed E-state index contributed by atoms with van der Waals surface area (Å²) in [6.07, 6.45) is 0. The van der Waals surface area contributed by atoms with Crippen molar-refractivity contribution in [2.45, 2.75) is 32.4 Å². The molecular formula is C14H21NO4. The van der Waals surface area contributed by atoms with Gasteiger partial charge in [0.25, 0.3) is 0 Å². The third kappa shape index (κ3) is 3.17. The van der Waals surface area contributed by atoms with Crippen LogP contribution in [0.1, 0.15) is 26.3 Å². The van der Waals surface area contributed by atoms with E-state index in [0.29, 0.717) is 17.1 Å². The highest BCUT2D eigenvalue weighted by Gasteiger charge is 2.38. The predicted molar refractivity (Wildman–Crippen MR) is 72.8 cm³/mol. The summed E-state index contributed by atoms with van der Waals surface area (Å²) < 4.78 is 10.4. The number of benzene rings is 1. The van der Waals surface area contributed by atoms with E-state index in [1.807, 2.05) is 13.8 Å². The zero-order valence-corrected chi connectivity index (χ0v) is 12.0. The van der Waals surface area contributed by atoms with Crippen LogP contribution in [0.5, 0.6) is 11.5 Å². The molecule has 0 saturated carbocycles. The maximum atomic E-state index is 11.7. The fraction of sp³-hybridized carbons (Fsp3) is 0.500. The van der Waals surface area contributed by atoms with E-state index < -0.39 is 11.5 Å². The minimum atomic E-state index is -1.24. The molecule has 19 heavy (non-hydrogen) atoms. The van der Waals surface area contributed by atoms with Crippen LogP contribution in [-0.2, 0) is 10.3 Å². The van der Waals surface area contributed by atoms with Crippen molar-refractivity contribution in [1.82, 2.24) is 5.32 Å². The van der Waals surface area contributed by atoms with Crippen molar-refractivity contribution in [2.24, 2.45) is 0 Å². The number of ether oxygens (including phenoxy) is 2. The number of nitrogens with one attached hydrogen (secondary N) is 1. The van der Waals surface area contributed by atoms with Crippen LogP contribution in [0.2, 0.25) is 0 Å². The maximum absolute atomic E-state index is 11.7. The lowest BCUT2D eigenvalue weighted by molar-refractivity contribution is -0.145. The molecule has 106 valence electrons. The first-order chi connectivity index (χ1) is 8.85. The Kier molecular flexibility index (Phi) is 4.78. The van der Waals surface area contributed by atoms with Gasteiger partial charge >= 0.3 is 5.97 Å². The number of hydrogen-bond donors (Lipinski definition) is 2. The second kappa shape index (κ2) is 5.93. The van der Waals surface area contributed by atoms with Crippen LogP contribution in [0.3, 0.4) is 0 Å². The van der Waals surface area contributed by atoms with Gasteiger partial charge in [-0.05, 0) is 39.0 Å². The van der Waals surface area contributed by atoms with Crippen molar-refractivity contribution in [3.63, 3.8) is 0 Å². The Morgan fingerprint density at radius 1 is 1.32 bits per heavy atom. The van der Waals surface area contributed by atoms with Crippen LogP contribution < -0.4 is 14.8 Å². The number of rotatable bonds is 6. The first-order valence-corrected chi connectivity index (χ1v) is 6.08. The van der Waals surface area contributed by atoms with E-state index in [9.17, 15) is 9.90 Å². The van der Waals surface area contributed by atoms with E-state index in [0.717, 1.165) is 0 Å². The van der Waals surface area contributed by atoms with Crippen molar-refractivity contribution < 1.29 is 19.4 Å². The third-order valence-corrected chi connectivity index (χ3v) is 2.95. The van der Waals surface area contributed by atoms with Gasteiger partial charge in [-0.15, -0.1) is 0 Å². The summed E-state index contributed by atoms with van der Waals surface area (Å²) in [5.41, 5.74) is -0.704. The van der Waals surface area contributed by atoms with Crippen LogP contribution in [0, 0.1) is 0 Å². The smallest absolute Gasteiger partial charge is 0.328 e. The Balaban J connectivity index is 3.39. The number of methoxy groups -OCH3 is 2. The lowest BCUT2D eigenvalue weighted by Gasteiger charge is -2.30. The molecular weight excluding hydrogens is 246 g/mol. The second-order valence-corrected chi connectivity index (χ2v) is 4.80. The lowest BCUT2D eigenvalue weighted by atomic mass is 9.90. The lowest BCUT2D eigenvalue weighted by Crippen LogP contribution is -2.49. The first-order valence-electron chi connectivity index (χ1n) is 6.08. The molecule has 0 bridgehead atoms. The molecule has 0 aliphatic carbocycles. The highest BCUT2D eigenvalue weighted by molar-refractivity contribution is 5.81. The first kappa shape index (κ1) is 15.3. The Labute approximate surface area is 113 Å². The van der Waals surface area contributed by atoms with Gasteiger partial charge in [-0.3, -0.25) is 5.32 Å². The van der Waals surface area contributed by atoms with Crippen LogP contribution >= 0.6 is 0 Å². The van der Waals surface area contributed by atoms with E-state index >= 15 is 0 Å². The number of carboxylic acid groups (broad SMARTS) is 1. The average molecular weight is 267 g/mol. The number of carboxylic acids is 1. The summed E-state index contributed by atoms with van der Waals surface area (Å²) in [7, 11) is 3.06. The number of carbonyl (C=O) groups is 1. The Morgan fingerprint density at radius 2 is 1.95 bits per heavy atom. The molecule has 5 heteroatoms. The Hall–Kier alpha value is -1.75. The summed E-state index contributed by atoms with van der Waals surface area (Å²) in [5, 5.41) is 12.6. The topological polar surface area (TPSA) is 67.8 Å². The molecule has 1 unspecified atom stereocenters. The fourth-order valence-electron chi connectivity index (χ4n) is 2.04. The zero-order valence-electron chi connectivity index (χ0n) is 12.0. The molecule has 1 atom stereocenters. The van der Waals surface area contributed by atoms with Gasteiger partial charge < -0.3 is 14.6 Å².